The predicted molar refractivity (Wildman–Crippen MR) is 99.1 cm³/mol. The van der Waals surface area contributed by atoms with E-state index in [9.17, 15) is 8.78 Å². The van der Waals surface area contributed by atoms with Crippen LogP contribution in [0.3, 0.4) is 0 Å². The fraction of sp³-hybridized carbons (Fsp3) is 0.0909. The third-order valence-corrected chi connectivity index (χ3v) is 4.41. The molecule has 2 heterocycles. The fourth-order valence-electron chi connectivity index (χ4n) is 3.05. The van der Waals surface area contributed by atoms with Crippen molar-refractivity contribution in [3.63, 3.8) is 0 Å². The van der Waals surface area contributed by atoms with Crippen LogP contribution in [0.4, 0.5) is 8.78 Å². The Morgan fingerprint density at radius 3 is 2.54 bits per heavy atom. The third-order valence-electron chi connectivity index (χ3n) is 4.41. The number of aliphatic imine (C=N–C) groups is 1. The zero-order valence-corrected chi connectivity index (χ0v) is 14.0. The fourth-order valence-corrected chi connectivity index (χ4v) is 3.05. The summed E-state index contributed by atoms with van der Waals surface area (Å²) in [6.07, 6.45) is 5.80. The summed E-state index contributed by atoms with van der Waals surface area (Å²) in [4.78, 5) is 8.82. The van der Waals surface area contributed by atoms with E-state index in [-0.39, 0.29) is 12.0 Å². The molecule has 0 amide bonds. The number of hydrogen-bond donors (Lipinski definition) is 0. The van der Waals surface area contributed by atoms with Crippen molar-refractivity contribution in [1.29, 1.82) is 0 Å². The van der Waals surface area contributed by atoms with Crippen LogP contribution in [-0.4, -0.2) is 10.7 Å². The molecule has 0 atom stereocenters. The smallest absolute Gasteiger partial charge is 0.129 e. The molecule has 0 fully saturated rings. The van der Waals surface area contributed by atoms with Crippen LogP contribution in [0.2, 0.25) is 0 Å². The lowest BCUT2D eigenvalue weighted by Crippen LogP contribution is -2.00. The first-order valence-corrected chi connectivity index (χ1v) is 8.39. The first-order chi connectivity index (χ1) is 12.7. The van der Waals surface area contributed by atoms with Crippen molar-refractivity contribution < 1.29 is 8.78 Å². The normalized spacial score (nSPS) is 13.1. The zero-order valence-electron chi connectivity index (χ0n) is 14.0. The summed E-state index contributed by atoms with van der Waals surface area (Å²) >= 11 is 0. The summed E-state index contributed by atoms with van der Waals surface area (Å²) in [6.45, 7) is 0.617. The molecule has 0 radical (unpaired) electrons. The highest BCUT2D eigenvalue weighted by Crippen LogP contribution is 2.24. The Morgan fingerprint density at radius 1 is 0.923 bits per heavy atom. The lowest BCUT2D eigenvalue weighted by atomic mass is 9.97. The van der Waals surface area contributed by atoms with Crippen LogP contribution in [0.15, 0.2) is 71.9 Å². The number of benzene rings is 2. The lowest BCUT2D eigenvalue weighted by Gasteiger charge is -2.08. The predicted octanol–water partition coefficient (Wildman–Crippen LogP) is 4.97. The number of allylic oxidation sites excluding steroid dienone is 1. The molecule has 0 aliphatic carbocycles. The van der Waals surface area contributed by atoms with E-state index in [2.05, 4.69) is 9.98 Å². The van der Waals surface area contributed by atoms with Gasteiger partial charge in [0.25, 0.3) is 0 Å². The minimum atomic E-state index is -0.519. The molecule has 1 aliphatic rings. The minimum absolute atomic E-state index is 0.0907. The Hall–Kier alpha value is -3.14. The van der Waals surface area contributed by atoms with E-state index < -0.39 is 11.6 Å². The van der Waals surface area contributed by atoms with Crippen molar-refractivity contribution in [2.24, 2.45) is 4.99 Å². The van der Waals surface area contributed by atoms with E-state index in [0.717, 1.165) is 28.1 Å². The molecule has 1 aliphatic heterocycles. The minimum Gasteiger partial charge on any atom is -0.280 e. The van der Waals surface area contributed by atoms with Gasteiger partial charge in [-0.3, -0.25) is 9.98 Å². The molecule has 0 bridgehead atoms. The van der Waals surface area contributed by atoms with Gasteiger partial charge in [0.2, 0.25) is 0 Å². The maximum Gasteiger partial charge on any atom is 0.129 e. The van der Waals surface area contributed by atoms with Gasteiger partial charge in [0.15, 0.2) is 0 Å². The Labute approximate surface area is 150 Å². The molecular formula is C22H16F2N2. The number of rotatable bonds is 4. The van der Waals surface area contributed by atoms with Crippen LogP contribution >= 0.6 is 0 Å². The SMILES string of the molecule is Fc1cccc(F)c1Cc1ccc2c(c1)C(/C=C/c1ccccn1)=NC2. The highest BCUT2D eigenvalue weighted by atomic mass is 19.1. The average molecular weight is 346 g/mol. The van der Waals surface area contributed by atoms with E-state index in [1.165, 1.54) is 18.2 Å². The van der Waals surface area contributed by atoms with Crippen molar-refractivity contribution in [2.75, 3.05) is 0 Å². The summed E-state index contributed by atoms with van der Waals surface area (Å²) in [5.41, 5.74) is 4.78. The highest BCUT2D eigenvalue weighted by molar-refractivity contribution is 6.13. The maximum atomic E-state index is 13.9. The number of fused-ring (bicyclic) bond motifs is 1. The van der Waals surface area contributed by atoms with Crippen LogP contribution in [0.5, 0.6) is 0 Å². The topological polar surface area (TPSA) is 25.2 Å². The van der Waals surface area contributed by atoms with Gasteiger partial charge < -0.3 is 0 Å². The third kappa shape index (κ3) is 3.31. The zero-order chi connectivity index (χ0) is 17.9. The Kier molecular flexibility index (Phi) is 4.40. The van der Waals surface area contributed by atoms with E-state index in [4.69, 9.17) is 0 Å². The molecule has 128 valence electrons. The Bertz CT molecular complexity index is 988. The van der Waals surface area contributed by atoms with Crippen molar-refractivity contribution in [3.8, 4) is 0 Å². The highest BCUT2D eigenvalue weighted by Gasteiger charge is 2.16. The van der Waals surface area contributed by atoms with E-state index in [1.54, 1.807) is 6.20 Å². The van der Waals surface area contributed by atoms with Gasteiger partial charge in [0.1, 0.15) is 11.6 Å². The first kappa shape index (κ1) is 16.3. The van der Waals surface area contributed by atoms with Gasteiger partial charge >= 0.3 is 0 Å². The molecule has 0 saturated heterocycles. The number of nitrogens with zero attached hydrogens (tertiary/aromatic N) is 2. The van der Waals surface area contributed by atoms with E-state index in [1.807, 2.05) is 48.6 Å². The van der Waals surface area contributed by atoms with Crippen molar-refractivity contribution in [2.45, 2.75) is 13.0 Å². The van der Waals surface area contributed by atoms with Crippen LogP contribution < -0.4 is 0 Å². The van der Waals surface area contributed by atoms with Crippen LogP contribution in [0, 0.1) is 11.6 Å². The molecule has 0 saturated carbocycles. The molecule has 26 heavy (non-hydrogen) atoms. The van der Waals surface area contributed by atoms with Gasteiger partial charge in [0, 0.05) is 23.7 Å². The number of halogens is 2. The van der Waals surface area contributed by atoms with Gasteiger partial charge in [-0.2, -0.15) is 0 Å². The number of aromatic nitrogens is 1. The quantitative estimate of drug-likeness (QED) is 0.655. The molecule has 3 aromatic rings. The first-order valence-electron chi connectivity index (χ1n) is 8.39. The molecular weight excluding hydrogens is 330 g/mol. The van der Waals surface area contributed by atoms with Crippen LogP contribution in [0.25, 0.3) is 6.08 Å². The molecule has 4 rings (SSSR count). The van der Waals surface area contributed by atoms with E-state index in [0.29, 0.717) is 6.54 Å². The van der Waals surface area contributed by atoms with E-state index >= 15 is 0 Å². The molecule has 4 heteroatoms. The van der Waals surface area contributed by atoms with Crippen LogP contribution in [0.1, 0.15) is 27.9 Å². The van der Waals surface area contributed by atoms with Crippen molar-refractivity contribution >= 4 is 11.8 Å². The van der Waals surface area contributed by atoms with Crippen molar-refractivity contribution in [1.82, 2.24) is 4.98 Å². The Morgan fingerprint density at radius 2 is 1.77 bits per heavy atom. The van der Waals surface area contributed by atoms with Gasteiger partial charge in [0.05, 0.1) is 18.0 Å². The molecule has 0 unspecified atom stereocenters. The van der Waals surface area contributed by atoms with Crippen LogP contribution in [-0.2, 0) is 13.0 Å². The number of pyridine rings is 1. The average Bonchev–Trinajstić information content (AvgIpc) is 3.06. The summed E-state index contributed by atoms with van der Waals surface area (Å²) in [5, 5.41) is 0. The lowest BCUT2D eigenvalue weighted by molar-refractivity contribution is 0.561. The van der Waals surface area contributed by atoms with Crippen molar-refractivity contribution in [3.05, 3.63) is 106 Å². The standard InChI is InChI=1S/C22H16F2N2/c23-20-5-3-6-21(24)19(20)13-15-7-8-16-14-26-22(18(16)12-15)10-9-17-4-1-2-11-25-17/h1-12H,13-14H2/b10-9+. The second kappa shape index (κ2) is 7.00. The molecule has 0 N–H and O–H groups in total. The Balaban J connectivity index is 1.61. The van der Waals surface area contributed by atoms with Gasteiger partial charge in [-0.05, 0) is 53.6 Å². The second-order valence-electron chi connectivity index (χ2n) is 6.16. The second-order valence-corrected chi connectivity index (χ2v) is 6.16. The number of hydrogen-bond acceptors (Lipinski definition) is 2. The molecule has 2 aromatic carbocycles. The summed E-state index contributed by atoms with van der Waals surface area (Å²) in [6, 6.07) is 15.5. The summed E-state index contributed by atoms with van der Waals surface area (Å²) in [5.74, 6) is -1.04. The monoisotopic (exact) mass is 346 g/mol. The molecule has 1 aromatic heterocycles. The molecule has 2 nitrogen and oxygen atoms in total. The summed E-state index contributed by atoms with van der Waals surface area (Å²) < 4.78 is 27.8. The maximum absolute atomic E-state index is 13.9. The van der Waals surface area contributed by atoms with Gasteiger partial charge in [-0.15, -0.1) is 0 Å². The largest absolute Gasteiger partial charge is 0.280 e. The summed E-state index contributed by atoms with van der Waals surface area (Å²) in [7, 11) is 0. The van der Waals surface area contributed by atoms with Gasteiger partial charge in [-0.1, -0.05) is 24.3 Å². The molecule has 0 spiro atoms. The van der Waals surface area contributed by atoms with Gasteiger partial charge in [-0.25, -0.2) is 8.78 Å².